The van der Waals surface area contributed by atoms with Crippen LogP contribution < -0.4 is 5.32 Å². The Morgan fingerprint density at radius 3 is 2.55 bits per heavy atom. The van der Waals surface area contributed by atoms with Gasteiger partial charge in [0.15, 0.2) is 0 Å². The van der Waals surface area contributed by atoms with Crippen molar-refractivity contribution in [2.75, 3.05) is 32.6 Å². The van der Waals surface area contributed by atoms with E-state index < -0.39 is 5.97 Å². The zero-order chi connectivity index (χ0) is 15.3. The van der Waals surface area contributed by atoms with Crippen LogP contribution in [0.5, 0.6) is 0 Å². The first-order valence-electron chi connectivity index (χ1n) is 6.22. The van der Waals surface area contributed by atoms with Gasteiger partial charge in [-0.1, -0.05) is 6.07 Å². The number of urea groups is 1. The van der Waals surface area contributed by atoms with E-state index in [1.807, 2.05) is 13.0 Å². The smallest absolute Gasteiger partial charge is 0.337 e. The molecule has 0 saturated heterocycles. The number of likely N-dealkylation sites (N-methyl/N-ethyl adjacent to an activating group) is 1. The van der Waals surface area contributed by atoms with Crippen LogP contribution >= 0.6 is 0 Å². The maximum Gasteiger partial charge on any atom is 0.337 e. The van der Waals surface area contributed by atoms with Crippen molar-refractivity contribution in [3.8, 4) is 0 Å². The highest BCUT2D eigenvalue weighted by Crippen LogP contribution is 2.23. The third kappa shape index (κ3) is 3.96. The van der Waals surface area contributed by atoms with Crippen molar-refractivity contribution < 1.29 is 19.4 Å². The van der Waals surface area contributed by atoms with E-state index in [2.05, 4.69) is 5.32 Å². The summed E-state index contributed by atoms with van der Waals surface area (Å²) in [5.74, 6) is -1.06. The molecule has 20 heavy (non-hydrogen) atoms. The number of carboxylic acid groups (broad SMARTS) is 1. The molecular formula is C14H20N2O4. The summed E-state index contributed by atoms with van der Waals surface area (Å²) in [6.07, 6.45) is 0. The molecule has 0 bridgehead atoms. The maximum atomic E-state index is 12.0. The van der Waals surface area contributed by atoms with E-state index in [1.54, 1.807) is 27.1 Å². The average Bonchev–Trinajstić information content (AvgIpc) is 2.38. The number of aryl methyl sites for hydroxylation is 2. The van der Waals surface area contributed by atoms with Gasteiger partial charge in [0.25, 0.3) is 0 Å². The second kappa shape index (κ2) is 6.91. The number of benzene rings is 1. The number of ether oxygens (including phenoxy) is 1. The number of carboxylic acids is 1. The summed E-state index contributed by atoms with van der Waals surface area (Å²) in [6, 6.07) is 3.01. The van der Waals surface area contributed by atoms with Crippen LogP contribution in [0.25, 0.3) is 0 Å². The molecule has 2 N–H and O–H groups in total. The monoisotopic (exact) mass is 280 g/mol. The number of amides is 2. The van der Waals surface area contributed by atoms with Crippen LogP contribution in [0.1, 0.15) is 21.5 Å². The Hall–Kier alpha value is -2.08. The van der Waals surface area contributed by atoms with Crippen LogP contribution in [0.3, 0.4) is 0 Å². The van der Waals surface area contributed by atoms with E-state index in [9.17, 15) is 14.7 Å². The minimum Gasteiger partial charge on any atom is -0.478 e. The van der Waals surface area contributed by atoms with Crippen LogP contribution in [0.4, 0.5) is 10.5 Å². The molecule has 0 spiro atoms. The number of hydrogen-bond donors (Lipinski definition) is 2. The Bertz CT molecular complexity index is 514. The van der Waals surface area contributed by atoms with Crippen molar-refractivity contribution in [1.29, 1.82) is 0 Å². The molecule has 0 saturated carbocycles. The van der Waals surface area contributed by atoms with Gasteiger partial charge in [-0.3, -0.25) is 0 Å². The van der Waals surface area contributed by atoms with Crippen molar-refractivity contribution in [1.82, 2.24) is 4.90 Å². The molecule has 0 aromatic heterocycles. The molecule has 6 heteroatoms. The standard InChI is InChI=1S/C14H20N2O4/c1-9-7-10(2)12(11(8-9)13(17)18)15-14(19)16(3)5-6-20-4/h7-8H,5-6H2,1-4H3,(H,15,19)(H,17,18). The molecule has 2 amide bonds. The molecule has 0 aliphatic rings. The first-order chi connectivity index (χ1) is 9.36. The average molecular weight is 280 g/mol. The molecule has 0 radical (unpaired) electrons. The molecule has 1 aromatic carbocycles. The molecule has 0 aliphatic carbocycles. The fourth-order valence-corrected chi connectivity index (χ4v) is 1.83. The largest absolute Gasteiger partial charge is 0.478 e. The highest BCUT2D eigenvalue weighted by molar-refractivity contribution is 6.01. The zero-order valence-corrected chi connectivity index (χ0v) is 12.2. The zero-order valence-electron chi connectivity index (χ0n) is 12.2. The maximum absolute atomic E-state index is 12.0. The number of rotatable bonds is 5. The number of carbonyl (C=O) groups is 2. The minimum absolute atomic E-state index is 0.0935. The molecule has 1 aromatic rings. The van der Waals surface area contributed by atoms with E-state index in [1.165, 1.54) is 4.90 Å². The summed E-state index contributed by atoms with van der Waals surface area (Å²) in [5, 5.41) is 11.9. The lowest BCUT2D eigenvalue weighted by Crippen LogP contribution is -2.34. The minimum atomic E-state index is -1.06. The van der Waals surface area contributed by atoms with E-state index in [0.29, 0.717) is 18.8 Å². The fraction of sp³-hybridized carbons (Fsp3) is 0.429. The molecule has 0 unspecified atom stereocenters. The van der Waals surface area contributed by atoms with Gasteiger partial charge in [-0.25, -0.2) is 9.59 Å². The van der Waals surface area contributed by atoms with E-state index in [4.69, 9.17) is 4.74 Å². The third-order valence-electron chi connectivity index (χ3n) is 2.92. The predicted molar refractivity (Wildman–Crippen MR) is 76.4 cm³/mol. The summed E-state index contributed by atoms with van der Waals surface area (Å²) >= 11 is 0. The Labute approximate surface area is 118 Å². The lowest BCUT2D eigenvalue weighted by Gasteiger charge is -2.19. The Balaban J connectivity index is 2.97. The Morgan fingerprint density at radius 1 is 1.35 bits per heavy atom. The van der Waals surface area contributed by atoms with Gasteiger partial charge in [0, 0.05) is 20.7 Å². The van der Waals surface area contributed by atoms with Gasteiger partial charge in [0.05, 0.1) is 17.9 Å². The first kappa shape index (κ1) is 16.0. The summed E-state index contributed by atoms with van der Waals surface area (Å²) in [6.45, 7) is 4.43. The lowest BCUT2D eigenvalue weighted by atomic mass is 10.0. The SMILES string of the molecule is COCCN(C)C(=O)Nc1c(C)cc(C)cc1C(=O)O. The second-order valence-electron chi connectivity index (χ2n) is 4.65. The van der Waals surface area contributed by atoms with Crippen molar-refractivity contribution >= 4 is 17.7 Å². The van der Waals surface area contributed by atoms with Crippen LogP contribution in [-0.2, 0) is 4.74 Å². The van der Waals surface area contributed by atoms with Gasteiger partial charge in [0.1, 0.15) is 0 Å². The van der Waals surface area contributed by atoms with E-state index in [0.717, 1.165) is 11.1 Å². The van der Waals surface area contributed by atoms with Crippen molar-refractivity contribution in [3.63, 3.8) is 0 Å². The van der Waals surface area contributed by atoms with Crippen molar-refractivity contribution in [3.05, 3.63) is 28.8 Å². The van der Waals surface area contributed by atoms with E-state index >= 15 is 0 Å². The molecule has 0 aliphatic heterocycles. The quantitative estimate of drug-likeness (QED) is 0.865. The number of nitrogens with one attached hydrogen (secondary N) is 1. The van der Waals surface area contributed by atoms with E-state index in [-0.39, 0.29) is 11.6 Å². The van der Waals surface area contributed by atoms with Gasteiger partial charge in [-0.05, 0) is 31.0 Å². The lowest BCUT2D eigenvalue weighted by molar-refractivity contribution is 0.0698. The summed E-state index contributed by atoms with van der Waals surface area (Å²) in [5.41, 5.74) is 1.98. The van der Waals surface area contributed by atoms with Crippen LogP contribution in [0.15, 0.2) is 12.1 Å². The Morgan fingerprint density at radius 2 is 2.00 bits per heavy atom. The van der Waals surface area contributed by atoms with Crippen LogP contribution in [-0.4, -0.2) is 49.3 Å². The number of methoxy groups -OCH3 is 1. The normalized spacial score (nSPS) is 10.2. The third-order valence-corrected chi connectivity index (χ3v) is 2.92. The summed E-state index contributed by atoms with van der Waals surface area (Å²) in [7, 11) is 3.18. The fourth-order valence-electron chi connectivity index (χ4n) is 1.83. The number of carbonyl (C=O) groups excluding carboxylic acids is 1. The Kier molecular flexibility index (Phi) is 5.52. The van der Waals surface area contributed by atoms with Crippen LogP contribution in [0, 0.1) is 13.8 Å². The van der Waals surface area contributed by atoms with Crippen LogP contribution in [0.2, 0.25) is 0 Å². The molecule has 0 atom stereocenters. The molecule has 0 fully saturated rings. The topological polar surface area (TPSA) is 78.9 Å². The molecule has 6 nitrogen and oxygen atoms in total. The molecule has 1 rings (SSSR count). The number of anilines is 1. The predicted octanol–water partition coefficient (Wildman–Crippen LogP) is 2.11. The highest BCUT2D eigenvalue weighted by atomic mass is 16.5. The second-order valence-corrected chi connectivity index (χ2v) is 4.65. The summed E-state index contributed by atoms with van der Waals surface area (Å²) < 4.78 is 4.90. The van der Waals surface area contributed by atoms with Crippen molar-refractivity contribution in [2.24, 2.45) is 0 Å². The van der Waals surface area contributed by atoms with Gasteiger partial charge in [-0.15, -0.1) is 0 Å². The van der Waals surface area contributed by atoms with Gasteiger partial charge in [0.2, 0.25) is 0 Å². The van der Waals surface area contributed by atoms with Crippen molar-refractivity contribution in [2.45, 2.75) is 13.8 Å². The molecule has 110 valence electrons. The first-order valence-corrected chi connectivity index (χ1v) is 6.22. The number of hydrogen-bond acceptors (Lipinski definition) is 3. The number of aromatic carboxylic acids is 1. The number of nitrogens with zero attached hydrogens (tertiary/aromatic N) is 1. The van der Waals surface area contributed by atoms with Gasteiger partial charge in [-0.2, -0.15) is 0 Å². The molecular weight excluding hydrogens is 260 g/mol. The van der Waals surface area contributed by atoms with Gasteiger partial charge < -0.3 is 20.1 Å². The van der Waals surface area contributed by atoms with Gasteiger partial charge >= 0.3 is 12.0 Å². The summed E-state index contributed by atoms with van der Waals surface area (Å²) in [4.78, 5) is 24.7. The molecule has 0 heterocycles. The highest BCUT2D eigenvalue weighted by Gasteiger charge is 2.17.